The lowest BCUT2D eigenvalue weighted by molar-refractivity contribution is -0.0496. The number of aromatic nitrogens is 4. The third-order valence-corrected chi connectivity index (χ3v) is 2.59. The van der Waals surface area contributed by atoms with E-state index in [1.807, 2.05) is 0 Å². The van der Waals surface area contributed by atoms with Crippen LogP contribution in [0.5, 0.6) is 5.75 Å². The summed E-state index contributed by atoms with van der Waals surface area (Å²) in [5.41, 5.74) is 1.43. The smallest absolute Gasteiger partial charge is 0.387 e. The van der Waals surface area contributed by atoms with Gasteiger partial charge in [-0.3, -0.25) is 5.10 Å². The fourth-order valence-electron chi connectivity index (χ4n) is 1.76. The van der Waals surface area contributed by atoms with Crippen LogP contribution in [0.1, 0.15) is 0 Å². The van der Waals surface area contributed by atoms with Crippen LogP contribution >= 0.6 is 0 Å². The van der Waals surface area contributed by atoms with Gasteiger partial charge in [0, 0.05) is 11.6 Å². The number of nitrogens with zero attached hydrogens (tertiary/aromatic N) is 3. The first-order valence-corrected chi connectivity index (χ1v) is 5.54. The summed E-state index contributed by atoms with van der Waals surface area (Å²) in [6.07, 6.45) is 2.86. The van der Waals surface area contributed by atoms with Crippen molar-refractivity contribution < 1.29 is 17.9 Å². The summed E-state index contributed by atoms with van der Waals surface area (Å²) < 4.78 is 42.2. The lowest BCUT2D eigenvalue weighted by atomic mass is 10.1. The highest BCUT2D eigenvalue weighted by Gasteiger charge is 2.14. The number of benzene rings is 1. The van der Waals surface area contributed by atoms with Gasteiger partial charge >= 0.3 is 6.61 Å². The van der Waals surface area contributed by atoms with Crippen molar-refractivity contribution in [1.82, 2.24) is 20.2 Å². The molecule has 3 aromatic rings. The molecule has 20 heavy (non-hydrogen) atoms. The monoisotopic (exact) mass is 280 g/mol. The molecule has 0 radical (unpaired) electrons. The Kier molecular flexibility index (Phi) is 2.97. The molecule has 0 aliphatic carbocycles. The first-order chi connectivity index (χ1) is 9.63. The number of aromatic amines is 1. The van der Waals surface area contributed by atoms with E-state index in [1.165, 1.54) is 18.5 Å². The van der Waals surface area contributed by atoms with E-state index in [4.69, 9.17) is 0 Å². The molecule has 0 atom stereocenters. The van der Waals surface area contributed by atoms with E-state index >= 15 is 0 Å². The number of rotatable bonds is 3. The Balaban J connectivity index is 2.12. The topological polar surface area (TPSA) is 63.7 Å². The number of alkyl halides is 2. The van der Waals surface area contributed by atoms with Gasteiger partial charge in [0.1, 0.15) is 17.1 Å². The molecule has 2 aromatic heterocycles. The maximum absolute atomic E-state index is 13.1. The van der Waals surface area contributed by atoms with Crippen molar-refractivity contribution in [2.24, 2.45) is 0 Å². The molecule has 0 saturated heterocycles. The summed E-state index contributed by atoms with van der Waals surface area (Å²) >= 11 is 0. The Hall–Kier alpha value is -2.64. The van der Waals surface area contributed by atoms with Crippen LogP contribution in [0.3, 0.4) is 0 Å². The van der Waals surface area contributed by atoms with Gasteiger partial charge in [0.05, 0.1) is 18.1 Å². The van der Waals surface area contributed by atoms with Gasteiger partial charge in [0.15, 0.2) is 5.65 Å². The average molecular weight is 280 g/mol. The molecule has 5 nitrogen and oxygen atoms in total. The van der Waals surface area contributed by atoms with E-state index in [9.17, 15) is 13.2 Å². The highest BCUT2D eigenvalue weighted by molar-refractivity contribution is 5.74. The van der Waals surface area contributed by atoms with Crippen LogP contribution in [0.4, 0.5) is 13.2 Å². The molecule has 0 aliphatic heterocycles. The minimum Gasteiger partial charge on any atom is -0.434 e. The second kappa shape index (κ2) is 4.80. The number of hydrogen-bond acceptors (Lipinski definition) is 4. The van der Waals surface area contributed by atoms with E-state index in [0.29, 0.717) is 11.2 Å². The SMILES string of the molecule is Fc1ccc(-c2cnc3cn[nH]c3n2)c(OC(F)F)c1. The lowest BCUT2D eigenvalue weighted by Gasteiger charge is -2.10. The van der Waals surface area contributed by atoms with Crippen molar-refractivity contribution in [3.8, 4) is 17.0 Å². The van der Waals surface area contributed by atoms with Gasteiger partial charge in [-0.05, 0) is 12.1 Å². The number of nitrogens with one attached hydrogen (secondary N) is 1. The predicted octanol–water partition coefficient (Wildman–Crippen LogP) is 2.76. The van der Waals surface area contributed by atoms with Gasteiger partial charge in [-0.2, -0.15) is 13.9 Å². The zero-order valence-corrected chi connectivity index (χ0v) is 9.85. The normalized spacial score (nSPS) is 11.2. The van der Waals surface area contributed by atoms with Gasteiger partial charge in [-0.25, -0.2) is 14.4 Å². The van der Waals surface area contributed by atoms with Crippen LogP contribution < -0.4 is 4.74 Å². The molecule has 0 unspecified atom stereocenters. The van der Waals surface area contributed by atoms with E-state index in [2.05, 4.69) is 24.9 Å². The summed E-state index contributed by atoms with van der Waals surface area (Å²) in [6.45, 7) is -3.06. The zero-order valence-electron chi connectivity index (χ0n) is 9.85. The standard InChI is InChI=1S/C12H7F3N4O/c13-6-1-2-7(10(3-6)20-12(14)15)8-4-16-9-5-17-19-11(9)18-8/h1-5,12H,(H,17,18,19). The van der Waals surface area contributed by atoms with E-state index in [1.54, 1.807) is 0 Å². The number of H-pyrrole nitrogens is 1. The molecule has 1 N–H and O–H groups in total. The van der Waals surface area contributed by atoms with Crippen LogP contribution in [0.2, 0.25) is 0 Å². The molecule has 0 spiro atoms. The Morgan fingerprint density at radius 1 is 1.20 bits per heavy atom. The molecule has 102 valence electrons. The Bertz CT molecular complexity index is 759. The van der Waals surface area contributed by atoms with Gasteiger partial charge < -0.3 is 4.74 Å². The number of ether oxygens (including phenoxy) is 1. The molecule has 8 heteroatoms. The van der Waals surface area contributed by atoms with E-state index in [-0.39, 0.29) is 17.0 Å². The van der Waals surface area contributed by atoms with Crippen molar-refractivity contribution in [2.45, 2.75) is 6.61 Å². The summed E-state index contributed by atoms with van der Waals surface area (Å²) in [4.78, 5) is 8.24. The van der Waals surface area contributed by atoms with Gasteiger partial charge in [-0.1, -0.05) is 0 Å². The van der Waals surface area contributed by atoms with Crippen LogP contribution in [0.15, 0.2) is 30.6 Å². The van der Waals surface area contributed by atoms with E-state index < -0.39 is 12.4 Å². The zero-order chi connectivity index (χ0) is 14.1. The molecular weight excluding hydrogens is 273 g/mol. The fraction of sp³-hybridized carbons (Fsp3) is 0.0833. The molecule has 0 aliphatic rings. The second-order valence-corrected chi connectivity index (χ2v) is 3.88. The number of hydrogen-bond donors (Lipinski definition) is 1. The van der Waals surface area contributed by atoms with Gasteiger partial charge in [-0.15, -0.1) is 0 Å². The second-order valence-electron chi connectivity index (χ2n) is 3.88. The Labute approximate surface area is 110 Å². The van der Waals surface area contributed by atoms with Gasteiger partial charge in [0.2, 0.25) is 0 Å². The fourth-order valence-corrected chi connectivity index (χ4v) is 1.76. The molecule has 0 saturated carbocycles. The number of fused-ring (bicyclic) bond motifs is 1. The first-order valence-electron chi connectivity index (χ1n) is 5.54. The molecule has 1 aromatic carbocycles. The van der Waals surface area contributed by atoms with Crippen molar-refractivity contribution in [3.63, 3.8) is 0 Å². The minimum absolute atomic E-state index is 0.218. The van der Waals surface area contributed by atoms with Gasteiger partial charge in [0.25, 0.3) is 0 Å². The number of halogens is 3. The maximum atomic E-state index is 13.1. The predicted molar refractivity (Wildman–Crippen MR) is 63.7 cm³/mol. The summed E-state index contributed by atoms with van der Waals surface area (Å²) in [6, 6.07) is 3.31. The first kappa shape index (κ1) is 12.4. The molecule has 0 fully saturated rings. The summed E-state index contributed by atoms with van der Waals surface area (Å²) in [7, 11) is 0. The average Bonchev–Trinajstić information content (AvgIpc) is 2.85. The van der Waals surface area contributed by atoms with Crippen LogP contribution in [0, 0.1) is 5.82 Å². The third kappa shape index (κ3) is 2.27. The maximum Gasteiger partial charge on any atom is 0.387 e. The molecule has 0 bridgehead atoms. The van der Waals surface area contributed by atoms with Crippen molar-refractivity contribution in [1.29, 1.82) is 0 Å². The Morgan fingerprint density at radius 2 is 2.05 bits per heavy atom. The van der Waals surface area contributed by atoms with Crippen molar-refractivity contribution >= 4 is 11.2 Å². The highest BCUT2D eigenvalue weighted by Crippen LogP contribution is 2.30. The molecule has 0 amide bonds. The quantitative estimate of drug-likeness (QED) is 0.801. The molecule has 3 rings (SSSR count). The largest absolute Gasteiger partial charge is 0.434 e. The molecular formula is C12H7F3N4O. The van der Waals surface area contributed by atoms with Crippen molar-refractivity contribution in [3.05, 3.63) is 36.4 Å². The van der Waals surface area contributed by atoms with Crippen LogP contribution in [-0.2, 0) is 0 Å². The highest BCUT2D eigenvalue weighted by atomic mass is 19.3. The molecule has 2 heterocycles. The van der Waals surface area contributed by atoms with Crippen molar-refractivity contribution in [2.75, 3.05) is 0 Å². The third-order valence-electron chi connectivity index (χ3n) is 2.59. The summed E-state index contributed by atoms with van der Waals surface area (Å²) in [5.74, 6) is -0.979. The van der Waals surface area contributed by atoms with Crippen LogP contribution in [0.25, 0.3) is 22.4 Å². The minimum atomic E-state index is -3.06. The Morgan fingerprint density at radius 3 is 2.85 bits per heavy atom. The lowest BCUT2D eigenvalue weighted by Crippen LogP contribution is -2.04. The summed E-state index contributed by atoms with van der Waals surface area (Å²) in [5, 5.41) is 6.37. The van der Waals surface area contributed by atoms with E-state index in [0.717, 1.165) is 12.1 Å². The van der Waals surface area contributed by atoms with Crippen LogP contribution in [-0.4, -0.2) is 26.8 Å².